The summed E-state index contributed by atoms with van der Waals surface area (Å²) in [5, 5.41) is 10.0. The Hall–Kier alpha value is -0.680. The van der Waals surface area contributed by atoms with Gasteiger partial charge in [0, 0.05) is 16.0 Å². The SMILES string of the molecule is Cc1cc(SCCBr)c(C)cc1OC(C)(C)C(=O)O. The Labute approximate surface area is 126 Å². The van der Waals surface area contributed by atoms with Crippen molar-refractivity contribution in [2.45, 2.75) is 38.2 Å². The number of hydrogen-bond acceptors (Lipinski definition) is 3. The number of thioether (sulfide) groups is 1. The Balaban J connectivity index is 2.99. The molecule has 0 aromatic heterocycles. The summed E-state index contributed by atoms with van der Waals surface area (Å²) >= 11 is 5.18. The zero-order chi connectivity index (χ0) is 14.6. The molecule has 106 valence electrons. The number of carboxylic acid groups (broad SMARTS) is 1. The van der Waals surface area contributed by atoms with Gasteiger partial charge in [-0.1, -0.05) is 15.9 Å². The molecule has 0 radical (unpaired) electrons. The molecule has 3 nitrogen and oxygen atoms in total. The lowest BCUT2D eigenvalue weighted by Crippen LogP contribution is -2.38. The first kappa shape index (κ1) is 16.4. The van der Waals surface area contributed by atoms with Gasteiger partial charge < -0.3 is 9.84 Å². The number of benzene rings is 1. The zero-order valence-corrected chi connectivity index (χ0v) is 14.0. The van der Waals surface area contributed by atoms with Crippen LogP contribution in [0.4, 0.5) is 0 Å². The van der Waals surface area contributed by atoms with Crippen molar-refractivity contribution in [2.24, 2.45) is 0 Å². The number of rotatable bonds is 6. The van der Waals surface area contributed by atoms with E-state index in [0.717, 1.165) is 22.2 Å². The fourth-order valence-corrected chi connectivity index (χ4v) is 2.83. The highest BCUT2D eigenvalue weighted by atomic mass is 79.9. The molecule has 0 aliphatic rings. The Morgan fingerprint density at radius 1 is 1.37 bits per heavy atom. The van der Waals surface area contributed by atoms with Gasteiger partial charge in [-0.25, -0.2) is 4.79 Å². The number of aryl methyl sites for hydroxylation is 2. The van der Waals surface area contributed by atoms with Crippen LogP contribution in [0.25, 0.3) is 0 Å². The van der Waals surface area contributed by atoms with Gasteiger partial charge in [-0.15, -0.1) is 11.8 Å². The summed E-state index contributed by atoms with van der Waals surface area (Å²) in [6, 6.07) is 3.96. The summed E-state index contributed by atoms with van der Waals surface area (Å²) in [5.74, 6) is 0.663. The van der Waals surface area contributed by atoms with Crippen LogP contribution >= 0.6 is 27.7 Å². The summed E-state index contributed by atoms with van der Waals surface area (Å²) in [6.45, 7) is 7.05. The molecule has 0 atom stereocenters. The second kappa shape index (κ2) is 6.66. The molecule has 1 aromatic rings. The lowest BCUT2D eigenvalue weighted by Gasteiger charge is -2.23. The molecular weight excluding hydrogens is 328 g/mol. The van der Waals surface area contributed by atoms with Crippen molar-refractivity contribution in [2.75, 3.05) is 11.1 Å². The highest BCUT2D eigenvalue weighted by Crippen LogP contribution is 2.31. The number of halogens is 1. The minimum atomic E-state index is -1.22. The van der Waals surface area contributed by atoms with E-state index in [0.29, 0.717) is 5.75 Å². The summed E-state index contributed by atoms with van der Waals surface area (Å²) < 4.78 is 5.62. The monoisotopic (exact) mass is 346 g/mol. The van der Waals surface area contributed by atoms with E-state index in [2.05, 4.69) is 22.0 Å². The average Bonchev–Trinajstić information content (AvgIpc) is 2.31. The van der Waals surface area contributed by atoms with Crippen molar-refractivity contribution < 1.29 is 14.6 Å². The Morgan fingerprint density at radius 2 is 2.00 bits per heavy atom. The molecule has 0 aliphatic heterocycles. The van der Waals surface area contributed by atoms with Crippen LogP contribution < -0.4 is 4.74 Å². The molecule has 5 heteroatoms. The van der Waals surface area contributed by atoms with Gasteiger partial charge in [-0.3, -0.25) is 0 Å². The molecular formula is C14H19BrO3S. The highest BCUT2D eigenvalue weighted by Gasteiger charge is 2.30. The molecule has 1 aromatic carbocycles. The summed E-state index contributed by atoms with van der Waals surface area (Å²) in [4.78, 5) is 12.3. The van der Waals surface area contributed by atoms with Crippen molar-refractivity contribution in [1.82, 2.24) is 0 Å². The molecule has 0 bridgehead atoms. The summed E-state index contributed by atoms with van der Waals surface area (Å²) in [5.41, 5.74) is 0.839. The average molecular weight is 347 g/mol. The number of carbonyl (C=O) groups is 1. The number of carboxylic acids is 1. The molecule has 19 heavy (non-hydrogen) atoms. The van der Waals surface area contributed by atoms with E-state index in [1.54, 1.807) is 25.6 Å². The van der Waals surface area contributed by atoms with E-state index in [9.17, 15) is 4.79 Å². The topological polar surface area (TPSA) is 46.5 Å². The van der Waals surface area contributed by atoms with Gasteiger partial charge >= 0.3 is 5.97 Å². The van der Waals surface area contributed by atoms with E-state index in [4.69, 9.17) is 9.84 Å². The number of ether oxygens (including phenoxy) is 1. The fourth-order valence-electron chi connectivity index (χ4n) is 1.50. The Morgan fingerprint density at radius 3 is 2.53 bits per heavy atom. The third kappa shape index (κ3) is 4.42. The third-order valence-corrected chi connectivity index (χ3v) is 4.77. The lowest BCUT2D eigenvalue weighted by atomic mass is 10.1. The molecule has 0 saturated heterocycles. The molecule has 1 N–H and O–H groups in total. The molecule has 0 fully saturated rings. The van der Waals surface area contributed by atoms with Crippen molar-refractivity contribution in [3.05, 3.63) is 23.3 Å². The second-order valence-electron chi connectivity index (χ2n) is 4.84. The zero-order valence-electron chi connectivity index (χ0n) is 11.6. The van der Waals surface area contributed by atoms with Crippen LogP contribution in [0.1, 0.15) is 25.0 Å². The normalized spacial score (nSPS) is 11.4. The van der Waals surface area contributed by atoms with Gasteiger partial charge in [0.2, 0.25) is 0 Å². The maximum Gasteiger partial charge on any atom is 0.347 e. The molecule has 0 unspecified atom stereocenters. The molecule has 0 aliphatic carbocycles. The van der Waals surface area contributed by atoms with Crippen LogP contribution in [0.2, 0.25) is 0 Å². The van der Waals surface area contributed by atoms with Crippen molar-refractivity contribution in [3.8, 4) is 5.75 Å². The van der Waals surface area contributed by atoms with Crippen LogP contribution in [0.15, 0.2) is 17.0 Å². The summed E-state index contributed by atoms with van der Waals surface area (Å²) in [7, 11) is 0. The van der Waals surface area contributed by atoms with Gasteiger partial charge in [0.05, 0.1) is 0 Å². The summed E-state index contributed by atoms with van der Waals surface area (Å²) in [6.07, 6.45) is 0. The Kier molecular flexibility index (Phi) is 5.74. The lowest BCUT2D eigenvalue weighted by molar-refractivity contribution is -0.152. The van der Waals surface area contributed by atoms with Crippen molar-refractivity contribution in [3.63, 3.8) is 0 Å². The van der Waals surface area contributed by atoms with Crippen LogP contribution in [-0.4, -0.2) is 27.8 Å². The number of alkyl halides is 1. The fraction of sp³-hybridized carbons (Fsp3) is 0.500. The minimum absolute atomic E-state index is 0.632. The largest absolute Gasteiger partial charge is 0.478 e. The molecule has 0 saturated carbocycles. The van der Waals surface area contributed by atoms with Gasteiger partial charge in [-0.2, -0.15) is 0 Å². The number of hydrogen-bond donors (Lipinski definition) is 1. The number of aliphatic carboxylic acids is 1. The van der Waals surface area contributed by atoms with Gasteiger partial charge in [-0.05, 0) is 51.0 Å². The molecule has 0 amide bonds. The molecule has 0 spiro atoms. The van der Waals surface area contributed by atoms with Crippen LogP contribution in [-0.2, 0) is 4.79 Å². The van der Waals surface area contributed by atoms with Gasteiger partial charge in [0.1, 0.15) is 5.75 Å². The first-order valence-electron chi connectivity index (χ1n) is 6.00. The third-order valence-electron chi connectivity index (χ3n) is 2.69. The first-order valence-corrected chi connectivity index (χ1v) is 8.11. The van der Waals surface area contributed by atoms with E-state index in [1.807, 2.05) is 19.9 Å². The van der Waals surface area contributed by atoms with Crippen molar-refractivity contribution in [1.29, 1.82) is 0 Å². The smallest absolute Gasteiger partial charge is 0.347 e. The van der Waals surface area contributed by atoms with Crippen molar-refractivity contribution >= 4 is 33.7 Å². The standard InChI is InChI=1S/C14H19BrO3S/c1-9-8-12(19-6-5-15)10(2)7-11(9)18-14(3,4)13(16)17/h7-8H,5-6H2,1-4H3,(H,16,17). The second-order valence-corrected chi connectivity index (χ2v) is 6.77. The molecule has 0 heterocycles. The van der Waals surface area contributed by atoms with E-state index < -0.39 is 11.6 Å². The quantitative estimate of drug-likeness (QED) is 0.623. The first-order chi connectivity index (χ1) is 8.77. The maximum absolute atomic E-state index is 11.1. The van der Waals surface area contributed by atoms with E-state index in [-0.39, 0.29) is 0 Å². The molecule has 1 rings (SSSR count). The maximum atomic E-state index is 11.1. The van der Waals surface area contributed by atoms with E-state index >= 15 is 0 Å². The van der Waals surface area contributed by atoms with Crippen LogP contribution in [0.5, 0.6) is 5.75 Å². The van der Waals surface area contributed by atoms with Gasteiger partial charge in [0.15, 0.2) is 5.60 Å². The van der Waals surface area contributed by atoms with Crippen LogP contribution in [0, 0.1) is 13.8 Å². The van der Waals surface area contributed by atoms with Crippen LogP contribution in [0.3, 0.4) is 0 Å². The minimum Gasteiger partial charge on any atom is -0.478 e. The Bertz CT molecular complexity index is 472. The predicted molar refractivity (Wildman–Crippen MR) is 82.8 cm³/mol. The highest BCUT2D eigenvalue weighted by molar-refractivity contribution is 9.09. The predicted octanol–water partition coefficient (Wildman–Crippen LogP) is 4.03. The van der Waals surface area contributed by atoms with E-state index in [1.165, 1.54) is 4.90 Å². The van der Waals surface area contributed by atoms with Gasteiger partial charge in [0.25, 0.3) is 0 Å².